The first-order chi connectivity index (χ1) is 5.85. The van der Waals surface area contributed by atoms with Crippen LogP contribution in [0.1, 0.15) is 19.4 Å². The maximum Gasteiger partial charge on any atom is 2.00 e. The van der Waals surface area contributed by atoms with Gasteiger partial charge in [-0.15, -0.1) is 6.42 Å². The molecule has 0 bridgehead atoms. The topological polar surface area (TPSA) is 0 Å². The number of halogens is 1. The molecule has 0 aliphatic carbocycles. The number of benzene rings is 1. The molecule has 0 atom stereocenters. The third kappa shape index (κ3) is 10.4. The van der Waals surface area contributed by atoms with E-state index in [0.717, 1.165) is 6.42 Å². The Morgan fingerprint density at radius 3 is 2.00 bits per heavy atom. The van der Waals surface area contributed by atoms with Crippen LogP contribution in [-0.4, -0.2) is 23.1 Å². The second-order valence-corrected chi connectivity index (χ2v) is 3.07. The Kier molecular flexibility index (Phi) is 15.3. The van der Waals surface area contributed by atoms with Crippen LogP contribution in [0.4, 0.5) is 0 Å². The Morgan fingerprint density at radius 2 is 1.62 bits per heavy atom. The molecular weight excluding hydrogens is 236 g/mol. The van der Waals surface area contributed by atoms with E-state index in [1.54, 1.807) is 0 Å². The molecular formula is C11H15BrMg. The molecule has 0 N–H and O–H groups in total. The van der Waals surface area contributed by atoms with Crippen molar-refractivity contribution in [1.29, 1.82) is 0 Å². The van der Waals surface area contributed by atoms with Gasteiger partial charge in [-0.3, -0.25) is 5.33 Å². The van der Waals surface area contributed by atoms with E-state index in [2.05, 4.69) is 28.1 Å². The maximum absolute atomic E-state index is 3.26. The quantitative estimate of drug-likeness (QED) is 0.556. The first-order valence-electron chi connectivity index (χ1n) is 4.05. The fraction of sp³-hybridized carbons (Fsp3) is 0.273. The number of hydrogen-bond acceptors (Lipinski definition) is 0. The van der Waals surface area contributed by atoms with Crippen molar-refractivity contribution in [2.24, 2.45) is 0 Å². The van der Waals surface area contributed by atoms with Gasteiger partial charge in [0.25, 0.3) is 0 Å². The molecule has 0 aliphatic heterocycles. The second kappa shape index (κ2) is 12.5. The number of rotatable bonds is 2. The summed E-state index contributed by atoms with van der Waals surface area (Å²) in [7, 11) is 0. The van der Waals surface area contributed by atoms with Crippen LogP contribution >= 0.6 is 15.9 Å². The van der Waals surface area contributed by atoms with Crippen molar-refractivity contribution >= 4 is 39.0 Å². The molecule has 1 aromatic carbocycles. The van der Waals surface area contributed by atoms with Crippen LogP contribution in [-0.2, 0) is 6.42 Å². The summed E-state index contributed by atoms with van der Waals surface area (Å²) in [6.45, 7) is 4.00. The molecule has 0 saturated carbocycles. The summed E-state index contributed by atoms with van der Waals surface area (Å²) in [4.78, 5) is 0. The van der Waals surface area contributed by atoms with Gasteiger partial charge in [0, 0.05) is 0 Å². The van der Waals surface area contributed by atoms with Crippen molar-refractivity contribution in [3.8, 4) is 0 Å². The summed E-state index contributed by atoms with van der Waals surface area (Å²) in [5.74, 6) is 0. The number of hydrogen-bond donors (Lipinski definition) is 0. The van der Waals surface area contributed by atoms with Gasteiger partial charge in [-0.25, -0.2) is 0 Å². The van der Waals surface area contributed by atoms with E-state index in [0.29, 0.717) is 0 Å². The first-order valence-corrected chi connectivity index (χ1v) is 4.96. The molecule has 0 unspecified atom stereocenters. The molecule has 0 aromatic heterocycles. The normalized spacial score (nSPS) is 7.92. The van der Waals surface area contributed by atoms with Gasteiger partial charge in [0.1, 0.15) is 0 Å². The average molecular weight is 251 g/mol. The molecule has 13 heavy (non-hydrogen) atoms. The molecule has 2 heteroatoms. The van der Waals surface area contributed by atoms with Crippen LogP contribution in [0, 0.1) is 11.8 Å². The van der Waals surface area contributed by atoms with Gasteiger partial charge in [-0.05, 0) is 0 Å². The minimum atomic E-state index is 0. The van der Waals surface area contributed by atoms with Crippen molar-refractivity contribution in [2.45, 2.75) is 20.3 Å². The SMILES string of the molecule is Br[CH-]Cc1ccccc1.C[CH-]C.[Mg+2]. The van der Waals surface area contributed by atoms with Gasteiger partial charge < -0.3 is 22.4 Å². The van der Waals surface area contributed by atoms with Crippen LogP contribution in [0.5, 0.6) is 0 Å². The van der Waals surface area contributed by atoms with E-state index in [-0.39, 0.29) is 23.1 Å². The molecule has 1 rings (SSSR count). The maximum atomic E-state index is 3.26. The summed E-state index contributed by atoms with van der Waals surface area (Å²) >= 11 is 3.26. The van der Waals surface area contributed by atoms with Crippen molar-refractivity contribution in [3.63, 3.8) is 0 Å². The summed E-state index contributed by atoms with van der Waals surface area (Å²) in [5, 5.41) is 1.97. The predicted octanol–water partition coefficient (Wildman–Crippen LogP) is 3.64. The molecule has 0 spiro atoms. The third-order valence-electron chi connectivity index (χ3n) is 1.16. The largest absolute Gasteiger partial charge is 2.00 e. The van der Waals surface area contributed by atoms with Gasteiger partial charge in [-0.1, -0.05) is 35.9 Å². The monoisotopic (exact) mass is 250 g/mol. The Balaban J connectivity index is 0. The summed E-state index contributed by atoms with van der Waals surface area (Å²) in [6.07, 6.45) is 3.00. The molecule has 0 heterocycles. The Bertz CT molecular complexity index is 175. The van der Waals surface area contributed by atoms with Crippen LogP contribution in [0.2, 0.25) is 0 Å². The second-order valence-electron chi connectivity index (χ2n) is 2.42. The standard InChI is InChI=1S/C8H8Br.C3H7.Mg/c9-7-6-8-4-2-1-3-5-8;1-3-2;/h1-5,7H,6H2;3H,1-2H3;/q2*-1;+2. The van der Waals surface area contributed by atoms with Gasteiger partial charge in [0.15, 0.2) is 0 Å². The van der Waals surface area contributed by atoms with Crippen LogP contribution in [0.25, 0.3) is 0 Å². The van der Waals surface area contributed by atoms with E-state index in [1.165, 1.54) is 5.56 Å². The first kappa shape index (κ1) is 15.9. The smallest absolute Gasteiger partial charge is 0.335 e. The van der Waals surface area contributed by atoms with E-state index in [1.807, 2.05) is 43.8 Å². The zero-order valence-corrected chi connectivity index (χ0v) is 11.3. The Morgan fingerprint density at radius 1 is 1.15 bits per heavy atom. The molecule has 0 nitrogen and oxygen atoms in total. The third-order valence-corrected chi connectivity index (χ3v) is 1.48. The molecule has 0 amide bonds. The van der Waals surface area contributed by atoms with Gasteiger partial charge in [-0.2, -0.15) is 13.8 Å². The molecule has 68 valence electrons. The minimum Gasteiger partial charge on any atom is -0.335 e. The summed E-state index contributed by atoms with van der Waals surface area (Å²) < 4.78 is 0. The minimum absolute atomic E-state index is 0. The van der Waals surface area contributed by atoms with Crippen molar-refractivity contribution in [3.05, 3.63) is 47.6 Å². The van der Waals surface area contributed by atoms with Gasteiger partial charge >= 0.3 is 23.1 Å². The average Bonchev–Trinajstić information content (AvgIpc) is 2.08. The fourth-order valence-electron chi connectivity index (χ4n) is 0.703. The Hall–Kier alpha value is 0.466. The molecule has 0 radical (unpaired) electrons. The zero-order chi connectivity index (χ0) is 9.23. The summed E-state index contributed by atoms with van der Waals surface area (Å²) in [6, 6.07) is 10.3. The summed E-state index contributed by atoms with van der Waals surface area (Å²) in [5.41, 5.74) is 1.34. The fourth-order valence-corrected chi connectivity index (χ4v) is 1.08. The van der Waals surface area contributed by atoms with E-state index >= 15 is 0 Å². The van der Waals surface area contributed by atoms with Crippen LogP contribution in [0.15, 0.2) is 30.3 Å². The van der Waals surface area contributed by atoms with Crippen molar-refractivity contribution < 1.29 is 0 Å². The van der Waals surface area contributed by atoms with Crippen molar-refractivity contribution in [1.82, 2.24) is 0 Å². The molecule has 0 aliphatic rings. The van der Waals surface area contributed by atoms with Gasteiger partial charge in [0.05, 0.1) is 0 Å². The van der Waals surface area contributed by atoms with Crippen molar-refractivity contribution in [2.75, 3.05) is 0 Å². The molecule has 1 aromatic rings. The Labute approximate surface area is 106 Å². The van der Waals surface area contributed by atoms with E-state index in [9.17, 15) is 0 Å². The predicted molar refractivity (Wildman–Crippen MR) is 64.8 cm³/mol. The molecule has 0 saturated heterocycles. The van der Waals surface area contributed by atoms with E-state index < -0.39 is 0 Å². The molecule has 0 fully saturated rings. The van der Waals surface area contributed by atoms with Crippen LogP contribution < -0.4 is 0 Å². The zero-order valence-electron chi connectivity index (χ0n) is 8.33. The van der Waals surface area contributed by atoms with Gasteiger partial charge in [0.2, 0.25) is 0 Å². The van der Waals surface area contributed by atoms with Crippen LogP contribution in [0.3, 0.4) is 0 Å². The van der Waals surface area contributed by atoms with E-state index in [4.69, 9.17) is 0 Å².